The number of rotatable bonds is 5. The molecule has 1 N–H and O–H groups in total. The topological polar surface area (TPSA) is 63.8 Å². The van der Waals surface area contributed by atoms with Crippen molar-refractivity contribution in [1.29, 1.82) is 0 Å². The fraction of sp³-hybridized carbons (Fsp3) is 0.962. The summed E-state index contributed by atoms with van der Waals surface area (Å²) in [5, 5.41) is 24.0. The largest absolute Gasteiger partial charge is 0.393 e. The lowest BCUT2D eigenvalue weighted by atomic mass is 9.48. The molecule has 0 spiro atoms. The molecule has 10 atom stereocenters. The van der Waals surface area contributed by atoms with Gasteiger partial charge in [0.25, 0.3) is 0 Å². The molecule has 0 saturated heterocycles. The summed E-state index contributed by atoms with van der Waals surface area (Å²) in [7, 11) is 0. The van der Waals surface area contributed by atoms with E-state index in [1.165, 1.54) is 57.8 Å². The first-order valence-electron chi connectivity index (χ1n) is 13.3. The highest BCUT2D eigenvalue weighted by atomic mass is 16.3. The van der Waals surface area contributed by atoms with E-state index in [-0.39, 0.29) is 11.5 Å². The Labute approximate surface area is 188 Å². The summed E-state index contributed by atoms with van der Waals surface area (Å²) in [6.07, 6.45) is 13.7. The fourth-order valence-corrected chi connectivity index (χ4v) is 9.47. The second-order valence-electron chi connectivity index (χ2n) is 12.1. The summed E-state index contributed by atoms with van der Waals surface area (Å²) in [5.74, 6) is 6.91. The van der Waals surface area contributed by atoms with E-state index in [2.05, 4.69) is 36.2 Å². The summed E-state index contributed by atoms with van der Waals surface area (Å²) in [5.41, 5.74) is 0.266. The molecule has 4 aliphatic rings. The highest BCUT2D eigenvalue weighted by Gasteiger charge is 2.60. The van der Waals surface area contributed by atoms with Gasteiger partial charge in [-0.3, -0.25) is 0 Å². The minimum absolute atomic E-state index is 0.175. The van der Waals surface area contributed by atoms with Gasteiger partial charge < -0.3 is 5.11 Å². The van der Waals surface area contributed by atoms with Gasteiger partial charge in [-0.25, -0.2) is 0 Å². The lowest BCUT2D eigenvalue weighted by molar-refractivity contribution is -0.0783. The average molecular weight is 429 g/mol. The standard InChI is InChI=1S/C26H44N4O/c1-5-6-18-7-9-20-19(13-18)8-10-22-21(20)11-12-26(4)23(22)14-24(31)25(26)16(2)15-30-28-17(3)27-29-30/h16,18-25,31H,5-15H2,1-4H3/t16-,18-,19+,20-,21?,22+,23?,24-,25?,26-/m0/s1. The molecule has 0 aromatic carbocycles. The van der Waals surface area contributed by atoms with Gasteiger partial charge in [0.15, 0.2) is 5.82 Å². The van der Waals surface area contributed by atoms with Gasteiger partial charge in [0, 0.05) is 0 Å². The molecule has 0 amide bonds. The molecule has 5 rings (SSSR count). The van der Waals surface area contributed by atoms with E-state index in [1.807, 2.05) is 6.92 Å². The second kappa shape index (κ2) is 8.43. The normalized spacial score (nSPS) is 45.6. The summed E-state index contributed by atoms with van der Waals surface area (Å²) in [6.45, 7) is 9.84. The molecule has 4 fully saturated rings. The van der Waals surface area contributed by atoms with Crippen LogP contribution in [-0.4, -0.2) is 31.4 Å². The van der Waals surface area contributed by atoms with Gasteiger partial charge in [-0.1, -0.05) is 40.0 Å². The molecule has 1 aromatic rings. The molecule has 0 aliphatic heterocycles. The minimum Gasteiger partial charge on any atom is -0.393 e. The van der Waals surface area contributed by atoms with Crippen LogP contribution in [0.5, 0.6) is 0 Å². The lowest BCUT2D eigenvalue weighted by Gasteiger charge is -2.56. The van der Waals surface area contributed by atoms with Gasteiger partial charge in [0.1, 0.15) is 0 Å². The van der Waals surface area contributed by atoms with Gasteiger partial charge in [0.05, 0.1) is 12.6 Å². The van der Waals surface area contributed by atoms with E-state index in [0.29, 0.717) is 17.8 Å². The Bertz CT molecular complexity index is 764. The van der Waals surface area contributed by atoms with Gasteiger partial charge >= 0.3 is 0 Å². The first-order chi connectivity index (χ1) is 14.9. The van der Waals surface area contributed by atoms with Crippen molar-refractivity contribution in [2.45, 2.75) is 105 Å². The van der Waals surface area contributed by atoms with Crippen molar-refractivity contribution in [3.63, 3.8) is 0 Å². The number of aliphatic hydroxyl groups excluding tert-OH is 1. The first-order valence-corrected chi connectivity index (χ1v) is 13.3. The lowest BCUT2D eigenvalue weighted by Crippen LogP contribution is -2.49. The predicted molar refractivity (Wildman–Crippen MR) is 122 cm³/mol. The van der Waals surface area contributed by atoms with E-state index < -0.39 is 0 Å². The smallest absolute Gasteiger partial charge is 0.171 e. The molecular formula is C26H44N4O. The number of nitrogens with zero attached hydrogens (tertiary/aromatic N) is 4. The molecule has 5 nitrogen and oxygen atoms in total. The van der Waals surface area contributed by atoms with Gasteiger partial charge in [-0.2, -0.15) is 4.80 Å². The fourth-order valence-electron chi connectivity index (χ4n) is 9.47. The Morgan fingerprint density at radius 3 is 2.65 bits per heavy atom. The summed E-state index contributed by atoms with van der Waals surface area (Å²) < 4.78 is 0. The molecule has 0 bridgehead atoms. The van der Waals surface area contributed by atoms with Crippen LogP contribution in [0.1, 0.15) is 90.8 Å². The Hall–Kier alpha value is -0.970. The molecular weight excluding hydrogens is 384 g/mol. The van der Waals surface area contributed by atoms with E-state index in [1.54, 1.807) is 4.80 Å². The van der Waals surface area contributed by atoms with Crippen LogP contribution in [0.4, 0.5) is 0 Å². The molecule has 4 aliphatic carbocycles. The van der Waals surface area contributed by atoms with Crippen LogP contribution in [0.25, 0.3) is 0 Å². The number of aryl methyl sites for hydroxylation is 1. The monoisotopic (exact) mass is 428 g/mol. The molecule has 174 valence electrons. The molecule has 1 heterocycles. The third-order valence-corrected chi connectivity index (χ3v) is 10.5. The van der Waals surface area contributed by atoms with Crippen LogP contribution in [0.2, 0.25) is 0 Å². The number of aliphatic hydroxyl groups is 1. The van der Waals surface area contributed by atoms with Crippen LogP contribution < -0.4 is 0 Å². The average Bonchev–Trinajstić information content (AvgIpc) is 3.26. The zero-order valence-electron chi connectivity index (χ0n) is 20.2. The number of fused-ring (bicyclic) bond motifs is 5. The van der Waals surface area contributed by atoms with Crippen molar-refractivity contribution in [2.75, 3.05) is 0 Å². The van der Waals surface area contributed by atoms with Crippen LogP contribution in [0, 0.1) is 59.7 Å². The van der Waals surface area contributed by atoms with E-state index in [4.69, 9.17) is 0 Å². The van der Waals surface area contributed by atoms with Crippen LogP contribution in [0.3, 0.4) is 0 Å². The summed E-state index contributed by atoms with van der Waals surface area (Å²) in [4.78, 5) is 1.75. The number of hydrogen-bond donors (Lipinski definition) is 1. The molecule has 31 heavy (non-hydrogen) atoms. The number of tetrazole rings is 1. The highest BCUT2D eigenvalue weighted by Crippen LogP contribution is 2.65. The molecule has 0 radical (unpaired) electrons. The van der Waals surface area contributed by atoms with E-state index in [9.17, 15) is 5.11 Å². The minimum atomic E-state index is -0.175. The maximum Gasteiger partial charge on any atom is 0.171 e. The van der Waals surface area contributed by atoms with Crippen molar-refractivity contribution in [1.82, 2.24) is 20.2 Å². The highest BCUT2D eigenvalue weighted by molar-refractivity contribution is 5.09. The molecule has 3 unspecified atom stereocenters. The molecule has 5 heteroatoms. The molecule has 4 saturated carbocycles. The van der Waals surface area contributed by atoms with Crippen LogP contribution in [-0.2, 0) is 6.54 Å². The summed E-state index contributed by atoms with van der Waals surface area (Å²) in [6, 6.07) is 0. The van der Waals surface area contributed by atoms with Crippen molar-refractivity contribution >= 4 is 0 Å². The number of aromatic nitrogens is 4. The quantitative estimate of drug-likeness (QED) is 0.693. The van der Waals surface area contributed by atoms with E-state index >= 15 is 0 Å². The van der Waals surface area contributed by atoms with Crippen LogP contribution in [0.15, 0.2) is 0 Å². The Morgan fingerprint density at radius 1 is 1.10 bits per heavy atom. The Balaban J connectivity index is 1.31. The van der Waals surface area contributed by atoms with Gasteiger partial charge in [-0.05, 0) is 110 Å². The third kappa shape index (κ3) is 3.77. The third-order valence-electron chi connectivity index (χ3n) is 10.5. The SMILES string of the molecule is CCC[C@H]1CC[C@@H]2C3CC[C@@]4(C)C(C[C@H](O)C4[C@@H](C)Cn4nnc(C)n4)[C@@H]3CC[C@@H]2C1. The summed E-state index contributed by atoms with van der Waals surface area (Å²) >= 11 is 0. The van der Waals surface area contributed by atoms with Crippen molar-refractivity contribution < 1.29 is 5.11 Å². The van der Waals surface area contributed by atoms with Crippen molar-refractivity contribution in [2.24, 2.45) is 52.8 Å². The molecule has 1 aromatic heterocycles. The Morgan fingerprint density at radius 2 is 1.90 bits per heavy atom. The second-order valence-corrected chi connectivity index (χ2v) is 12.1. The number of hydrogen-bond acceptors (Lipinski definition) is 4. The Kier molecular flexibility index (Phi) is 5.94. The zero-order valence-corrected chi connectivity index (χ0v) is 20.2. The van der Waals surface area contributed by atoms with Crippen molar-refractivity contribution in [3.8, 4) is 0 Å². The van der Waals surface area contributed by atoms with Gasteiger partial charge in [-0.15, -0.1) is 10.2 Å². The maximum atomic E-state index is 11.3. The van der Waals surface area contributed by atoms with Gasteiger partial charge in [0.2, 0.25) is 0 Å². The predicted octanol–water partition coefficient (Wildman–Crippen LogP) is 5.27. The maximum absolute atomic E-state index is 11.3. The zero-order chi connectivity index (χ0) is 21.8. The van der Waals surface area contributed by atoms with Crippen LogP contribution >= 0.6 is 0 Å². The van der Waals surface area contributed by atoms with Crippen molar-refractivity contribution in [3.05, 3.63) is 5.82 Å². The van der Waals surface area contributed by atoms with E-state index in [0.717, 1.165) is 48.4 Å². The first kappa shape index (κ1) is 21.9.